The molecule has 1 aromatic carbocycles. The van der Waals surface area contributed by atoms with Crippen molar-refractivity contribution in [3.8, 4) is 0 Å². The summed E-state index contributed by atoms with van der Waals surface area (Å²) in [4.78, 5) is 0. The van der Waals surface area contributed by atoms with Crippen LogP contribution in [0.15, 0.2) is 18.2 Å². The summed E-state index contributed by atoms with van der Waals surface area (Å²) in [5.41, 5.74) is 0.802. The summed E-state index contributed by atoms with van der Waals surface area (Å²) in [6, 6.07) is 3.64. The topological polar surface area (TPSA) is 24.1 Å². The van der Waals surface area contributed by atoms with Crippen molar-refractivity contribution < 1.29 is 8.78 Å². The summed E-state index contributed by atoms with van der Waals surface area (Å²) >= 11 is 0. The first-order valence-electron chi connectivity index (χ1n) is 6.27. The van der Waals surface area contributed by atoms with Crippen LogP contribution in [0.5, 0.6) is 0 Å². The first-order chi connectivity index (χ1) is 8.37. The van der Waals surface area contributed by atoms with E-state index in [1.54, 1.807) is 0 Å². The second kappa shape index (κ2) is 6.81. The van der Waals surface area contributed by atoms with Crippen molar-refractivity contribution in [2.24, 2.45) is 0 Å². The molecule has 2 N–H and O–H groups in total. The molecule has 0 atom stereocenters. The third-order valence-corrected chi connectivity index (χ3v) is 2.47. The number of rotatable bonds is 6. The molecule has 0 aliphatic heterocycles. The van der Waals surface area contributed by atoms with Crippen LogP contribution in [0.1, 0.15) is 26.3 Å². The Morgan fingerprint density at radius 2 is 1.56 bits per heavy atom. The third-order valence-electron chi connectivity index (χ3n) is 2.47. The molecule has 1 rings (SSSR count). The number of halogens is 2. The van der Waals surface area contributed by atoms with Gasteiger partial charge >= 0.3 is 0 Å². The van der Waals surface area contributed by atoms with Crippen LogP contribution in [0.2, 0.25) is 0 Å². The monoisotopic (exact) mass is 256 g/mol. The van der Waals surface area contributed by atoms with Crippen LogP contribution in [0.25, 0.3) is 0 Å². The quantitative estimate of drug-likeness (QED) is 0.764. The van der Waals surface area contributed by atoms with Gasteiger partial charge in [-0.15, -0.1) is 0 Å². The maximum Gasteiger partial charge on any atom is 0.126 e. The number of benzene rings is 1. The van der Waals surface area contributed by atoms with E-state index in [1.165, 1.54) is 12.1 Å². The summed E-state index contributed by atoms with van der Waals surface area (Å²) in [6.45, 7) is 8.78. The molecular formula is C14H22F2N2. The van der Waals surface area contributed by atoms with Crippen LogP contribution < -0.4 is 10.6 Å². The minimum atomic E-state index is -0.514. The lowest BCUT2D eigenvalue weighted by atomic mass is 10.1. The Kier molecular flexibility index (Phi) is 5.69. The van der Waals surface area contributed by atoms with E-state index in [-0.39, 0.29) is 5.54 Å². The van der Waals surface area contributed by atoms with E-state index in [4.69, 9.17) is 0 Å². The van der Waals surface area contributed by atoms with Gasteiger partial charge in [-0.1, -0.05) is 0 Å². The molecule has 0 unspecified atom stereocenters. The molecule has 18 heavy (non-hydrogen) atoms. The van der Waals surface area contributed by atoms with E-state index in [0.717, 1.165) is 19.2 Å². The lowest BCUT2D eigenvalue weighted by Crippen LogP contribution is -2.40. The van der Waals surface area contributed by atoms with Crippen LogP contribution >= 0.6 is 0 Å². The molecule has 0 amide bonds. The fourth-order valence-electron chi connectivity index (χ4n) is 1.64. The molecule has 0 fully saturated rings. The highest BCUT2D eigenvalue weighted by molar-refractivity contribution is 5.18. The molecular weight excluding hydrogens is 234 g/mol. The zero-order chi connectivity index (χ0) is 13.6. The molecule has 0 aromatic heterocycles. The second-order valence-electron chi connectivity index (χ2n) is 5.45. The first kappa shape index (κ1) is 15.1. The molecule has 0 aliphatic carbocycles. The van der Waals surface area contributed by atoms with Gasteiger partial charge in [-0.2, -0.15) is 0 Å². The number of hydrogen-bond donors (Lipinski definition) is 2. The molecule has 0 heterocycles. The molecule has 0 saturated carbocycles. The molecule has 0 saturated heterocycles. The average Bonchev–Trinajstić information content (AvgIpc) is 2.20. The van der Waals surface area contributed by atoms with E-state index in [1.807, 2.05) is 0 Å². The second-order valence-corrected chi connectivity index (χ2v) is 5.45. The molecule has 0 aliphatic rings. The van der Waals surface area contributed by atoms with Crippen molar-refractivity contribution in [2.75, 3.05) is 19.6 Å². The highest BCUT2D eigenvalue weighted by Gasteiger charge is 2.06. The Balaban J connectivity index is 2.18. The Hall–Kier alpha value is -1.00. The summed E-state index contributed by atoms with van der Waals surface area (Å²) in [5, 5.41) is 6.59. The van der Waals surface area contributed by atoms with Gasteiger partial charge < -0.3 is 10.6 Å². The van der Waals surface area contributed by atoms with Crippen molar-refractivity contribution in [2.45, 2.75) is 32.7 Å². The average molecular weight is 256 g/mol. The lowest BCUT2D eigenvalue weighted by Gasteiger charge is -2.20. The highest BCUT2D eigenvalue weighted by Crippen LogP contribution is 2.07. The largest absolute Gasteiger partial charge is 0.315 e. The van der Waals surface area contributed by atoms with Crippen molar-refractivity contribution in [1.82, 2.24) is 10.6 Å². The van der Waals surface area contributed by atoms with E-state index in [0.29, 0.717) is 18.5 Å². The summed E-state index contributed by atoms with van der Waals surface area (Å²) in [6.07, 6.45) is 0.629. The van der Waals surface area contributed by atoms with Crippen molar-refractivity contribution in [1.29, 1.82) is 0 Å². The van der Waals surface area contributed by atoms with E-state index in [2.05, 4.69) is 31.4 Å². The maximum atomic E-state index is 12.9. The minimum absolute atomic E-state index is 0.118. The van der Waals surface area contributed by atoms with Gasteiger partial charge in [0, 0.05) is 24.7 Å². The third kappa shape index (κ3) is 6.67. The SMILES string of the molecule is CC(C)(C)NCCNCCc1cc(F)cc(F)c1. The Morgan fingerprint density at radius 3 is 2.11 bits per heavy atom. The van der Waals surface area contributed by atoms with Crippen molar-refractivity contribution >= 4 is 0 Å². The smallest absolute Gasteiger partial charge is 0.126 e. The Morgan fingerprint density at radius 1 is 0.944 bits per heavy atom. The van der Waals surface area contributed by atoms with Gasteiger partial charge in [-0.3, -0.25) is 0 Å². The molecule has 4 heteroatoms. The first-order valence-corrected chi connectivity index (χ1v) is 6.27. The molecule has 2 nitrogen and oxygen atoms in total. The van der Waals surface area contributed by atoms with Gasteiger partial charge in [-0.05, 0) is 51.4 Å². The molecule has 0 bridgehead atoms. The van der Waals surface area contributed by atoms with E-state index >= 15 is 0 Å². The van der Waals surface area contributed by atoms with Crippen molar-refractivity contribution in [3.05, 3.63) is 35.4 Å². The molecule has 1 aromatic rings. The summed E-state index contributed by atoms with van der Waals surface area (Å²) in [7, 11) is 0. The molecule has 102 valence electrons. The van der Waals surface area contributed by atoms with E-state index in [9.17, 15) is 8.78 Å². The van der Waals surface area contributed by atoms with Crippen LogP contribution in [-0.2, 0) is 6.42 Å². The van der Waals surface area contributed by atoms with Gasteiger partial charge in [0.05, 0.1) is 0 Å². The zero-order valence-electron chi connectivity index (χ0n) is 11.3. The van der Waals surface area contributed by atoms with Gasteiger partial charge in [0.25, 0.3) is 0 Å². The van der Waals surface area contributed by atoms with Crippen LogP contribution in [0, 0.1) is 11.6 Å². The summed E-state index contributed by atoms with van der Waals surface area (Å²) < 4.78 is 25.8. The normalized spacial score (nSPS) is 11.8. The van der Waals surface area contributed by atoms with E-state index < -0.39 is 11.6 Å². The number of nitrogens with one attached hydrogen (secondary N) is 2. The molecule has 0 spiro atoms. The maximum absolute atomic E-state index is 12.9. The Labute approximate surface area is 108 Å². The van der Waals surface area contributed by atoms with Gasteiger partial charge in [-0.25, -0.2) is 8.78 Å². The minimum Gasteiger partial charge on any atom is -0.315 e. The Bertz CT molecular complexity index is 352. The van der Waals surface area contributed by atoms with Crippen LogP contribution in [0.4, 0.5) is 8.78 Å². The van der Waals surface area contributed by atoms with Gasteiger partial charge in [0.2, 0.25) is 0 Å². The standard InChI is InChI=1S/C14H22F2N2/c1-14(2,3)18-7-6-17-5-4-11-8-12(15)10-13(16)9-11/h8-10,17-18H,4-7H2,1-3H3. The number of hydrogen-bond acceptors (Lipinski definition) is 2. The fraction of sp³-hybridized carbons (Fsp3) is 0.571. The van der Waals surface area contributed by atoms with Gasteiger partial charge in [0.15, 0.2) is 0 Å². The predicted molar refractivity (Wildman–Crippen MR) is 70.7 cm³/mol. The predicted octanol–water partition coefficient (Wildman–Crippen LogP) is 2.49. The van der Waals surface area contributed by atoms with Crippen LogP contribution in [0.3, 0.4) is 0 Å². The fourth-order valence-corrected chi connectivity index (χ4v) is 1.64. The lowest BCUT2D eigenvalue weighted by molar-refractivity contribution is 0.422. The molecule has 0 radical (unpaired) electrons. The summed E-state index contributed by atoms with van der Waals surface area (Å²) in [5.74, 6) is -1.03. The highest BCUT2D eigenvalue weighted by atomic mass is 19.1. The zero-order valence-corrected chi connectivity index (χ0v) is 11.3. The van der Waals surface area contributed by atoms with Crippen molar-refractivity contribution in [3.63, 3.8) is 0 Å². The van der Waals surface area contributed by atoms with Gasteiger partial charge in [0.1, 0.15) is 11.6 Å². The van der Waals surface area contributed by atoms with Crippen LogP contribution in [-0.4, -0.2) is 25.2 Å².